The van der Waals surface area contributed by atoms with Gasteiger partial charge in [-0.2, -0.15) is 5.10 Å². The molecule has 0 spiro atoms. The largest absolute Gasteiger partial charge is 0.496 e. The number of nitrogens with one attached hydrogen (secondary N) is 1. The summed E-state index contributed by atoms with van der Waals surface area (Å²) in [6.45, 7) is 0. The number of carboxylic acids is 1. The molecule has 0 aliphatic carbocycles. The number of aromatic nitrogens is 2. The molecule has 0 saturated heterocycles. The van der Waals surface area contributed by atoms with Crippen LogP contribution >= 0.6 is 0 Å². The number of halogens is 2. The van der Waals surface area contributed by atoms with E-state index < -0.39 is 12.4 Å². The Kier molecular flexibility index (Phi) is 3.46. The van der Waals surface area contributed by atoms with E-state index in [-0.39, 0.29) is 17.0 Å². The Morgan fingerprint density at radius 1 is 1.42 bits per heavy atom. The molecular weight excluding hydrogens is 258 g/mol. The predicted molar refractivity (Wildman–Crippen MR) is 62.5 cm³/mol. The molecule has 0 saturated carbocycles. The summed E-state index contributed by atoms with van der Waals surface area (Å²) in [4.78, 5) is 10.8. The molecule has 1 heterocycles. The minimum atomic E-state index is -2.62. The molecule has 0 atom stereocenters. The number of hydrogen-bond acceptors (Lipinski definition) is 3. The van der Waals surface area contributed by atoms with Crippen molar-refractivity contribution in [3.63, 3.8) is 0 Å². The first-order valence-corrected chi connectivity index (χ1v) is 5.28. The van der Waals surface area contributed by atoms with Gasteiger partial charge in [0.15, 0.2) is 0 Å². The Hall–Kier alpha value is -2.44. The zero-order valence-corrected chi connectivity index (χ0v) is 9.85. The highest BCUT2D eigenvalue weighted by Crippen LogP contribution is 2.32. The Morgan fingerprint density at radius 2 is 2.16 bits per heavy atom. The van der Waals surface area contributed by atoms with E-state index >= 15 is 0 Å². The summed E-state index contributed by atoms with van der Waals surface area (Å²) < 4.78 is 30.4. The monoisotopic (exact) mass is 268 g/mol. The molecule has 2 aromatic rings. The predicted octanol–water partition coefficient (Wildman–Crippen LogP) is 2.72. The van der Waals surface area contributed by atoms with Crippen molar-refractivity contribution in [2.75, 3.05) is 7.11 Å². The molecule has 1 aromatic carbocycles. The number of ether oxygens (including phenoxy) is 1. The molecule has 0 fully saturated rings. The fourth-order valence-corrected chi connectivity index (χ4v) is 1.63. The van der Waals surface area contributed by atoms with E-state index in [0.717, 1.165) is 0 Å². The number of benzene rings is 1. The van der Waals surface area contributed by atoms with Gasteiger partial charge in [-0.25, -0.2) is 13.6 Å². The van der Waals surface area contributed by atoms with E-state index in [1.54, 1.807) is 0 Å². The number of H-pyrrole nitrogens is 1. The van der Waals surface area contributed by atoms with E-state index in [2.05, 4.69) is 10.2 Å². The van der Waals surface area contributed by atoms with Crippen molar-refractivity contribution in [3.05, 3.63) is 35.5 Å². The summed E-state index contributed by atoms with van der Waals surface area (Å²) in [5.41, 5.74) is 0.232. The zero-order valence-electron chi connectivity index (χ0n) is 9.85. The first-order chi connectivity index (χ1) is 9.02. The maximum atomic E-state index is 12.7. The van der Waals surface area contributed by atoms with Crippen molar-refractivity contribution in [2.45, 2.75) is 6.43 Å². The zero-order chi connectivity index (χ0) is 14.0. The molecule has 0 bridgehead atoms. The second kappa shape index (κ2) is 5.05. The average Bonchev–Trinajstić information content (AvgIpc) is 2.87. The van der Waals surface area contributed by atoms with Crippen molar-refractivity contribution < 1.29 is 23.4 Å². The van der Waals surface area contributed by atoms with E-state index in [1.165, 1.54) is 31.4 Å². The highest BCUT2D eigenvalue weighted by Gasteiger charge is 2.16. The molecular formula is C12H10F2N2O3. The quantitative estimate of drug-likeness (QED) is 0.894. The third-order valence-corrected chi connectivity index (χ3v) is 2.56. The molecule has 0 radical (unpaired) electrons. The van der Waals surface area contributed by atoms with Gasteiger partial charge >= 0.3 is 5.97 Å². The van der Waals surface area contributed by atoms with Gasteiger partial charge in [0.1, 0.15) is 11.4 Å². The molecule has 1 aromatic heterocycles. The average molecular weight is 268 g/mol. The number of aromatic carboxylic acids is 1. The first-order valence-electron chi connectivity index (χ1n) is 5.28. The number of carboxylic acid groups (broad SMARTS) is 1. The molecule has 2 N–H and O–H groups in total. The number of alkyl halides is 2. The Morgan fingerprint density at radius 3 is 2.68 bits per heavy atom. The van der Waals surface area contributed by atoms with Crippen molar-refractivity contribution in [1.29, 1.82) is 0 Å². The Labute approximate surface area is 106 Å². The van der Waals surface area contributed by atoms with Crippen LogP contribution in [0.3, 0.4) is 0 Å². The summed E-state index contributed by atoms with van der Waals surface area (Å²) in [5, 5.41) is 14.9. The summed E-state index contributed by atoms with van der Waals surface area (Å²) in [6.07, 6.45) is -2.62. The van der Waals surface area contributed by atoms with Gasteiger partial charge in [-0.15, -0.1) is 0 Å². The molecule has 0 aliphatic rings. The lowest BCUT2D eigenvalue weighted by Crippen LogP contribution is -1.95. The van der Waals surface area contributed by atoms with Crippen LogP contribution < -0.4 is 4.74 Å². The second-order valence-electron chi connectivity index (χ2n) is 3.73. The van der Waals surface area contributed by atoms with E-state index in [0.29, 0.717) is 11.3 Å². The number of methoxy groups -OCH3 is 1. The lowest BCUT2D eigenvalue weighted by atomic mass is 10.1. The van der Waals surface area contributed by atoms with Gasteiger partial charge in [-0.05, 0) is 24.3 Å². The van der Waals surface area contributed by atoms with Gasteiger partial charge in [-0.3, -0.25) is 5.10 Å². The molecule has 19 heavy (non-hydrogen) atoms. The van der Waals surface area contributed by atoms with E-state index in [9.17, 15) is 13.6 Å². The maximum Gasteiger partial charge on any atom is 0.353 e. The van der Waals surface area contributed by atoms with Crippen LogP contribution in [0, 0.1) is 0 Å². The van der Waals surface area contributed by atoms with Crippen molar-refractivity contribution in [2.24, 2.45) is 0 Å². The Balaban J connectivity index is 2.51. The van der Waals surface area contributed by atoms with Gasteiger partial charge in [0.25, 0.3) is 6.43 Å². The first kappa shape index (κ1) is 13.0. The van der Waals surface area contributed by atoms with Crippen LogP contribution in [0.5, 0.6) is 5.75 Å². The third kappa shape index (κ3) is 2.54. The lowest BCUT2D eigenvalue weighted by Gasteiger charge is -2.08. The van der Waals surface area contributed by atoms with Gasteiger partial charge < -0.3 is 9.84 Å². The van der Waals surface area contributed by atoms with Crippen LogP contribution in [0.2, 0.25) is 0 Å². The number of hydrogen-bond donors (Lipinski definition) is 2. The minimum Gasteiger partial charge on any atom is -0.496 e. The minimum absolute atomic E-state index is 0.125. The van der Waals surface area contributed by atoms with Crippen LogP contribution in [0.15, 0.2) is 24.3 Å². The van der Waals surface area contributed by atoms with Crippen molar-refractivity contribution >= 4 is 5.97 Å². The second-order valence-corrected chi connectivity index (χ2v) is 3.73. The van der Waals surface area contributed by atoms with Crippen molar-refractivity contribution in [3.8, 4) is 17.0 Å². The van der Waals surface area contributed by atoms with E-state index in [1.807, 2.05) is 0 Å². The molecule has 0 unspecified atom stereocenters. The van der Waals surface area contributed by atoms with Gasteiger partial charge in [0.05, 0.1) is 12.8 Å². The highest BCUT2D eigenvalue weighted by molar-refractivity contribution is 5.87. The van der Waals surface area contributed by atoms with Crippen LogP contribution in [-0.2, 0) is 0 Å². The number of carbonyl (C=O) groups is 1. The smallest absolute Gasteiger partial charge is 0.353 e. The number of nitrogens with zero attached hydrogens (tertiary/aromatic N) is 1. The topological polar surface area (TPSA) is 75.2 Å². The van der Waals surface area contributed by atoms with Crippen LogP contribution in [0.1, 0.15) is 22.5 Å². The van der Waals surface area contributed by atoms with Gasteiger partial charge in [0.2, 0.25) is 0 Å². The normalized spacial score (nSPS) is 10.7. The van der Waals surface area contributed by atoms with Crippen LogP contribution in [0.4, 0.5) is 8.78 Å². The fraction of sp³-hybridized carbons (Fsp3) is 0.167. The standard InChI is InChI=1S/C12H10F2N2O3/c1-19-10-3-2-6(11(13)14)4-7(10)8-5-9(12(17)18)16-15-8/h2-5,11H,1H3,(H,15,16)(H,17,18). The maximum absolute atomic E-state index is 12.7. The molecule has 5 nitrogen and oxygen atoms in total. The summed E-state index contributed by atoms with van der Waals surface area (Å²) in [7, 11) is 1.39. The number of rotatable bonds is 4. The molecule has 0 aliphatic heterocycles. The summed E-state index contributed by atoms with van der Waals surface area (Å²) in [5.74, 6) is -0.837. The molecule has 2 rings (SSSR count). The van der Waals surface area contributed by atoms with Crippen molar-refractivity contribution in [1.82, 2.24) is 10.2 Å². The summed E-state index contributed by atoms with van der Waals surface area (Å²) >= 11 is 0. The highest BCUT2D eigenvalue weighted by atomic mass is 19.3. The Bertz CT molecular complexity index is 611. The summed E-state index contributed by atoms with van der Waals surface area (Å²) in [6, 6.07) is 5.13. The van der Waals surface area contributed by atoms with Crippen LogP contribution in [-0.4, -0.2) is 28.4 Å². The van der Waals surface area contributed by atoms with Gasteiger partial charge in [-0.1, -0.05) is 0 Å². The van der Waals surface area contributed by atoms with Gasteiger partial charge in [0, 0.05) is 11.1 Å². The third-order valence-electron chi connectivity index (χ3n) is 2.56. The SMILES string of the molecule is COc1ccc(C(F)F)cc1-c1cc(C(=O)O)[nH]n1. The fourth-order valence-electron chi connectivity index (χ4n) is 1.63. The molecule has 7 heteroatoms. The molecule has 0 amide bonds. The molecule has 100 valence electrons. The number of aromatic amines is 1. The van der Waals surface area contributed by atoms with E-state index in [4.69, 9.17) is 9.84 Å². The van der Waals surface area contributed by atoms with Crippen LogP contribution in [0.25, 0.3) is 11.3 Å². The lowest BCUT2D eigenvalue weighted by molar-refractivity contribution is 0.0690.